The molecule has 2 aliphatic heterocycles. The summed E-state index contributed by atoms with van der Waals surface area (Å²) >= 11 is 0. The normalized spacial score (nSPS) is 31.3. The van der Waals surface area contributed by atoms with Gasteiger partial charge in [0.05, 0.1) is 6.10 Å². The van der Waals surface area contributed by atoms with E-state index in [2.05, 4.69) is 39.6 Å². The molecule has 5 rings (SSSR count). The first-order valence-electron chi connectivity index (χ1n) is 11.0. The highest BCUT2D eigenvalue weighted by atomic mass is 16.3. The number of aliphatic hydroxyl groups excluding tert-OH is 1. The molecule has 6 nitrogen and oxygen atoms in total. The third-order valence-corrected chi connectivity index (χ3v) is 7.45. The van der Waals surface area contributed by atoms with Crippen molar-refractivity contribution in [2.45, 2.75) is 31.5 Å². The number of nitrogens with zero attached hydrogens (tertiary/aromatic N) is 4. The van der Waals surface area contributed by atoms with E-state index in [0.29, 0.717) is 18.4 Å². The maximum Gasteiger partial charge on any atom is 0.242 e. The maximum absolute atomic E-state index is 13.0. The molecule has 29 heavy (non-hydrogen) atoms. The van der Waals surface area contributed by atoms with E-state index < -0.39 is 0 Å². The predicted octanol–water partition coefficient (Wildman–Crippen LogP) is 1.49. The van der Waals surface area contributed by atoms with Crippen LogP contribution in [-0.4, -0.2) is 88.7 Å². The van der Waals surface area contributed by atoms with Gasteiger partial charge in [-0.05, 0) is 49.2 Å². The van der Waals surface area contributed by atoms with Crippen molar-refractivity contribution in [3.63, 3.8) is 0 Å². The van der Waals surface area contributed by atoms with Gasteiger partial charge in [-0.15, -0.1) is 0 Å². The Bertz CT molecular complexity index is 873. The van der Waals surface area contributed by atoms with Crippen molar-refractivity contribution in [3.05, 3.63) is 36.5 Å². The Morgan fingerprint density at radius 1 is 1.03 bits per heavy atom. The number of likely N-dealkylation sites (tertiary alicyclic amines) is 1. The highest BCUT2D eigenvalue weighted by molar-refractivity contribution is 5.83. The van der Waals surface area contributed by atoms with Gasteiger partial charge in [0, 0.05) is 57.0 Å². The fourth-order valence-corrected chi connectivity index (χ4v) is 5.68. The molecule has 0 unspecified atom stereocenters. The molecule has 2 saturated heterocycles. The summed E-state index contributed by atoms with van der Waals surface area (Å²) in [4.78, 5) is 19.9. The van der Waals surface area contributed by atoms with E-state index in [9.17, 15) is 9.90 Å². The van der Waals surface area contributed by atoms with Gasteiger partial charge in [0.2, 0.25) is 5.91 Å². The number of carbonyl (C=O) groups excluding carboxylic acids is 1. The summed E-state index contributed by atoms with van der Waals surface area (Å²) in [5.74, 6) is 1.17. The number of rotatable bonds is 3. The molecule has 1 amide bonds. The number of amides is 1. The number of likely N-dealkylation sites (N-methyl/N-ethyl adjacent to an activating group) is 1. The van der Waals surface area contributed by atoms with Gasteiger partial charge in [-0.1, -0.05) is 18.2 Å². The second-order valence-electron chi connectivity index (χ2n) is 9.27. The van der Waals surface area contributed by atoms with Crippen LogP contribution in [0.15, 0.2) is 36.5 Å². The monoisotopic (exact) mass is 396 g/mol. The van der Waals surface area contributed by atoms with Gasteiger partial charge in [-0.2, -0.15) is 0 Å². The number of aliphatic hydroxyl groups is 1. The van der Waals surface area contributed by atoms with E-state index in [1.807, 2.05) is 23.2 Å². The zero-order valence-electron chi connectivity index (χ0n) is 17.3. The summed E-state index contributed by atoms with van der Waals surface area (Å²) in [6.45, 7) is 6.28. The molecule has 4 atom stereocenters. The van der Waals surface area contributed by atoms with Crippen molar-refractivity contribution in [1.29, 1.82) is 0 Å². The number of para-hydroxylation sites is 1. The predicted molar refractivity (Wildman–Crippen MR) is 114 cm³/mol. The van der Waals surface area contributed by atoms with Gasteiger partial charge in [0.25, 0.3) is 0 Å². The molecule has 0 bridgehead atoms. The average molecular weight is 397 g/mol. The molecule has 3 heterocycles. The van der Waals surface area contributed by atoms with Crippen molar-refractivity contribution in [2.24, 2.45) is 11.8 Å². The zero-order valence-corrected chi connectivity index (χ0v) is 17.3. The first kappa shape index (κ1) is 19.1. The lowest BCUT2D eigenvalue weighted by Gasteiger charge is -2.44. The first-order chi connectivity index (χ1) is 14.1. The minimum Gasteiger partial charge on any atom is -0.391 e. The van der Waals surface area contributed by atoms with Crippen LogP contribution in [0.2, 0.25) is 0 Å². The quantitative estimate of drug-likeness (QED) is 0.854. The molecule has 2 aromatic rings. The second-order valence-corrected chi connectivity index (χ2v) is 9.27. The molecule has 156 valence electrons. The Labute approximate surface area is 172 Å². The molecular weight excluding hydrogens is 364 g/mol. The van der Waals surface area contributed by atoms with E-state index in [0.717, 1.165) is 57.6 Å². The Balaban J connectivity index is 1.23. The van der Waals surface area contributed by atoms with Crippen molar-refractivity contribution in [1.82, 2.24) is 19.3 Å². The summed E-state index contributed by atoms with van der Waals surface area (Å²) in [6.07, 6.45) is 3.60. The van der Waals surface area contributed by atoms with Gasteiger partial charge >= 0.3 is 0 Å². The number of fused-ring (bicyclic) bond motifs is 2. The van der Waals surface area contributed by atoms with Crippen LogP contribution < -0.4 is 0 Å². The summed E-state index contributed by atoms with van der Waals surface area (Å²) in [6, 6.07) is 10.5. The van der Waals surface area contributed by atoms with E-state index in [1.165, 1.54) is 5.39 Å². The van der Waals surface area contributed by atoms with Crippen LogP contribution in [0.1, 0.15) is 12.8 Å². The van der Waals surface area contributed by atoms with Crippen LogP contribution in [-0.2, 0) is 11.3 Å². The van der Waals surface area contributed by atoms with E-state index >= 15 is 0 Å². The molecule has 0 spiro atoms. The molecule has 3 fully saturated rings. The number of hydrogen-bond donors (Lipinski definition) is 1. The lowest BCUT2D eigenvalue weighted by atomic mass is 9.77. The topological polar surface area (TPSA) is 52.0 Å². The third-order valence-electron chi connectivity index (χ3n) is 7.45. The highest BCUT2D eigenvalue weighted by Gasteiger charge is 2.44. The second kappa shape index (κ2) is 7.74. The Morgan fingerprint density at radius 3 is 2.55 bits per heavy atom. The number of benzene rings is 1. The zero-order chi connectivity index (χ0) is 20.0. The smallest absolute Gasteiger partial charge is 0.242 e. The van der Waals surface area contributed by atoms with E-state index in [-0.39, 0.29) is 18.1 Å². The number of carbonyl (C=O) groups is 1. The highest BCUT2D eigenvalue weighted by Crippen LogP contribution is 2.38. The SMILES string of the molecule is CN1CCN([C@@H]2C[C@@H]3CN(C(=O)Cn4ccc5ccccc54)C[C@@H]3C[C@H]2O)CC1. The third kappa shape index (κ3) is 3.69. The van der Waals surface area contributed by atoms with E-state index in [4.69, 9.17) is 0 Å². The van der Waals surface area contributed by atoms with Gasteiger partial charge < -0.3 is 19.5 Å². The fraction of sp³-hybridized carbons (Fsp3) is 0.609. The van der Waals surface area contributed by atoms with Gasteiger partial charge in [0.1, 0.15) is 6.54 Å². The molecule has 1 aromatic carbocycles. The fourth-order valence-electron chi connectivity index (χ4n) is 5.68. The summed E-state index contributed by atoms with van der Waals surface area (Å²) in [5, 5.41) is 12.0. The summed E-state index contributed by atoms with van der Waals surface area (Å²) < 4.78 is 2.06. The van der Waals surface area contributed by atoms with Crippen molar-refractivity contribution < 1.29 is 9.90 Å². The largest absolute Gasteiger partial charge is 0.391 e. The van der Waals surface area contributed by atoms with Crippen LogP contribution in [0.4, 0.5) is 0 Å². The molecule has 6 heteroatoms. The lowest BCUT2D eigenvalue weighted by molar-refractivity contribution is -0.130. The maximum atomic E-state index is 13.0. The van der Waals surface area contributed by atoms with Gasteiger partial charge in [-0.25, -0.2) is 0 Å². The van der Waals surface area contributed by atoms with Crippen LogP contribution >= 0.6 is 0 Å². The number of hydrogen-bond acceptors (Lipinski definition) is 4. The Hall–Kier alpha value is -1.89. The van der Waals surface area contributed by atoms with Gasteiger partial charge in [0.15, 0.2) is 0 Å². The Kier molecular flexibility index (Phi) is 5.10. The molecule has 1 aliphatic carbocycles. The summed E-state index contributed by atoms with van der Waals surface area (Å²) in [5.41, 5.74) is 1.11. The first-order valence-corrected chi connectivity index (χ1v) is 11.0. The Morgan fingerprint density at radius 2 is 1.76 bits per heavy atom. The summed E-state index contributed by atoms with van der Waals surface area (Å²) in [7, 11) is 2.17. The van der Waals surface area contributed by atoms with Crippen LogP contribution in [0.3, 0.4) is 0 Å². The lowest BCUT2D eigenvalue weighted by Crippen LogP contribution is -2.55. The molecule has 1 N–H and O–H groups in total. The minimum absolute atomic E-state index is 0.200. The van der Waals surface area contributed by atoms with Crippen LogP contribution in [0.25, 0.3) is 10.9 Å². The molecular formula is C23H32N4O2. The number of piperazine rings is 1. The van der Waals surface area contributed by atoms with Crippen molar-refractivity contribution in [2.75, 3.05) is 46.3 Å². The van der Waals surface area contributed by atoms with Crippen molar-refractivity contribution >= 4 is 16.8 Å². The molecule has 1 aromatic heterocycles. The van der Waals surface area contributed by atoms with Crippen molar-refractivity contribution in [3.8, 4) is 0 Å². The molecule has 3 aliphatic rings. The number of aromatic nitrogens is 1. The molecule has 0 radical (unpaired) electrons. The van der Waals surface area contributed by atoms with Crippen LogP contribution in [0, 0.1) is 11.8 Å². The average Bonchev–Trinajstić information content (AvgIpc) is 3.32. The van der Waals surface area contributed by atoms with Crippen LogP contribution in [0.5, 0.6) is 0 Å². The van der Waals surface area contributed by atoms with E-state index in [1.54, 1.807) is 0 Å². The van der Waals surface area contributed by atoms with Gasteiger partial charge in [-0.3, -0.25) is 9.69 Å². The molecule has 1 saturated carbocycles. The standard InChI is InChI=1S/C23H32N4O2/c1-24-8-10-25(11-9-24)21-12-18-14-27(15-19(18)13-22(21)28)23(29)16-26-7-6-17-4-2-3-5-20(17)26/h2-7,18-19,21-22,28H,8-16H2,1H3/t18-,19+,21-,22-/m1/s1. The minimum atomic E-state index is -0.261.